The van der Waals surface area contributed by atoms with Crippen LogP contribution < -0.4 is 9.64 Å². The standard InChI is InChI=1S/C20H20N2O5S/c1-26-16-6-4-5-15(13-16)22-14-19(20(23)21-9-11-27-12-10-21)28(24,25)18-8-3-2-7-17(18)22/h2-8,13-14H,9-12H2,1H3. The van der Waals surface area contributed by atoms with Crippen molar-refractivity contribution >= 4 is 27.1 Å². The van der Waals surface area contributed by atoms with Crippen molar-refractivity contribution in [3.8, 4) is 5.75 Å². The van der Waals surface area contributed by atoms with Crippen LogP contribution in [0.2, 0.25) is 0 Å². The molecule has 2 heterocycles. The second kappa shape index (κ2) is 7.29. The van der Waals surface area contributed by atoms with Gasteiger partial charge >= 0.3 is 0 Å². The Kier molecular flexibility index (Phi) is 4.82. The third-order valence-electron chi connectivity index (χ3n) is 4.79. The van der Waals surface area contributed by atoms with Crippen LogP contribution in [-0.4, -0.2) is 52.6 Å². The van der Waals surface area contributed by atoms with E-state index in [-0.39, 0.29) is 9.80 Å². The molecule has 2 aliphatic rings. The molecule has 0 radical (unpaired) electrons. The monoisotopic (exact) mass is 400 g/mol. The molecular weight excluding hydrogens is 380 g/mol. The highest BCUT2D eigenvalue weighted by Crippen LogP contribution is 2.40. The Morgan fingerprint density at radius 1 is 1.07 bits per heavy atom. The topological polar surface area (TPSA) is 76.2 Å². The van der Waals surface area contributed by atoms with Gasteiger partial charge in [0.25, 0.3) is 5.91 Å². The average Bonchev–Trinajstić information content (AvgIpc) is 2.74. The largest absolute Gasteiger partial charge is 0.497 e. The number of para-hydroxylation sites is 1. The van der Waals surface area contributed by atoms with E-state index in [1.165, 1.54) is 17.2 Å². The number of amides is 1. The lowest BCUT2D eigenvalue weighted by molar-refractivity contribution is -0.130. The molecule has 0 atom stereocenters. The number of carbonyl (C=O) groups is 1. The molecule has 0 N–H and O–H groups in total. The lowest BCUT2D eigenvalue weighted by Crippen LogP contribution is -2.43. The second-order valence-electron chi connectivity index (χ2n) is 6.44. The van der Waals surface area contributed by atoms with Gasteiger partial charge in [-0.05, 0) is 24.3 Å². The molecule has 2 aromatic rings. The molecule has 0 spiro atoms. The van der Waals surface area contributed by atoms with Crippen LogP contribution in [-0.2, 0) is 19.4 Å². The lowest BCUT2D eigenvalue weighted by atomic mass is 10.2. The smallest absolute Gasteiger partial charge is 0.267 e. The summed E-state index contributed by atoms with van der Waals surface area (Å²) < 4.78 is 36.9. The molecule has 146 valence electrons. The zero-order valence-corrected chi connectivity index (χ0v) is 16.2. The van der Waals surface area contributed by atoms with E-state index in [1.807, 2.05) is 12.1 Å². The van der Waals surface area contributed by atoms with Crippen molar-refractivity contribution in [3.63, 3.8) is 0 Å². The molecule has 2 aliphatic heterocycles. The number of hydrogen-bond donors (Lipinski definition) is 0. The molecule has 1 fully saturated rings. The molecule has 0 aliphatic carbocycles. The van der Waals surface area contributed by atoms with Crippen LogP contribution in [0.5, 0.6) is 5.75 Å². The Bertz CT molecular complexity index is 1040. The summed E-state index contributed by atoms with van der Waals surface area (Å²) in [6.07, 6.45) is 1.41. The average molecular weight is 400 g/mol. The zero-order chi connectivity index (χ0) is 19.7. The number of hydrogen-bond acceptors (Lipinski definition) is 6. The van der Waals surface area contributed by atoms with Crippen molar-refractivity contribution in [1.82, 2.24) is 4.90 Å². The van der Waals surface area contributed by atoms with E-state index in [1.54, 1.807) is 42.3 Å². The first-order chi connectivity index (χ1) is 13.5. The maximum Gasteiger partial charge on any atom is 0.267 e. The van der Waals surface area contributed by atoms with Crippen LogP contribution in [0, 0.1) is 0 Å². The molecule has 2 aromatic carbocycles. The van der Waals surface area contributed by atoms with E-state index < -0.39 is 15.7 Å². The minimum Gasteiger partial charge on any atom is -0.497 e. The van der Waals surface area contributed by atoms with Gasteiger partial charge in [0.2, 0.25) is 9.84 Å². The van der Waals surface area contributed by atoms with Gasteiger partial charge in [-0.25, -0.2) is 8.42 Å². The van der Waals surface area contributed by atoms with Crippen LogP contribution in [0.1, 0.15) is 0 Å². The number of rotatable bonds is 3. The molecule has 0 bridgehead atoms. The summed E-state index contributed by atoms with van der Waals surface area (Å²) >= 11 is 0. The quantitative estimate of drug-likeness (QED) is 0.787. The first-order valence-electron chi connectivity index (χ1n) is 8.88. The number of nitrogens with zero attached hydrogens (tertiary/aromatic N) is 2. The number of anilines is 2. The van der Waals surface area contributed by atoms with Crippen molar-refractivity contribution in [1.29, 1.82) is 0 Å². The highest BCUT2D eigenvalue weighted by molar-refractivity contribution is 7.96. The fourth-order valence-electron chi connectivity index (χ4n) is 3.32. The Balaban J connectivity index is 1.85. The van der Waals surface area contributed by atoms with Gasteiger partial charge in [0.15, 0.2) is 4.91 Å². The summed E-state index contributed by atoms with van der Waals surface area (Å²) in [5.74, 6) is 0.128. The summed E-state index contributed by atoms with van der Waals surface area (Å²) in [6, 6.07) is 13.9. The van der Waals surface area contributed by atoms with Crippen molar-refractivity contribution in [2.75, 3.05) is 38.3 Å². The fraction of sp³-hybridized carbons (Fsp3) is 0.250. The van der Waals surface area contributed by atoms with E-state index >= 15 is 0 Å². The summed E-state index contributed by atoms with van der Waals surface area (Å²) in [5.41, 5.74) is 1.20. The normalized spacial score (nSPS) is 18.2. The molecule has 7 nitrogen and oxygen atoms in total. The molecule has 28 heavy (non-hydrogen) atoms. The van der Waals surface area contributed by atoms with Gasteiger partial charge in [-0.1, -0.05) is 18.2 Å². The van der Waals surface area contributed by atoms with E-state index in [2.05, 4.69) is 0 Å². The van der Waals surface area contributed by atoms with E-state index in [0.29, 0.717) is 43.4 Å². The lowest BCUT2D eigenvalue weighted by Gasteiger charge is -2.32. The molecular formula is C20H20N2O5S. The number of fused-ring (bicyclic) bond motifs is 1. The second-order valence-corrected chi connectivity index (χ2v) is 8.33. The minimum absolute atomic E-state index is 0.108. The molecule has 8 heteroatoms. The highest BCUT2D eigenvalue weighted by atomic mass is 32.2. The van der Waals surface area contributed by atoms with Crippen LogP contribution in [0.25, 0.3) is 0 Å². The van der Waals surface area contributed by atoms with Crippen LogP contribution in [0.4, 0.5) is 11.4 Å². The molecule has 1 amide bonds. The SMILES string of the molecule is COc1cccc(N2C=C(C(=O)N3CCOCC3)S(=O)(=O)c3ccccc32)c1. The Morgan fingerprint density at radius 3 is 2.57 bits per heavy atom. The van der Waals surface area contributed by atoms with Crippen LogP contribution >= 0.6 is 0 Å². The van der Waals surface area contributed by atoms with Gasteiger partial charge in [0.1, 0.15) is 5.75 Å². The van der Waals surface area contributed by atoms with E-state index in [9.17, 15) is 13.2 Å². The molecule has 0 aromatic heterocycles. The number of ether oxygens (including phenoxy) is 2. The number of sulfone groups is 1. The maximum atomic E-state index is 13.2. The molecule has 0 saturated carbocycles. The van der Waals surface area contributed by atoms with Gasteiger partial charge in [-0.3, -0.25) is 4.79 Å². The predicted octanol–water partition coefficient (Wildman–Crippen LogP) is 2.32. The first kappa shape index (κ1) is 18.5. The van der Waals surface area contributed by atoms with Crippen LogP contribution in [0.15, 0.2) is 64.5 Å². The third-order valence-corrected chi connectivity index (χ3v) is 6.57. The van der Waals surface area contributed by atoms with Gasteiger partial charge in [0, 0.05) is 31.0 Å². The molecule has 1 saturated heterocycles. The van der Waals surface area contributed by atoms with Crippen molar-refractivity contribution < 1.29 is 22.7 Å². The highest BCUT2D eigenvalue weighted by Gasteiger charge is 2.38. The Hall–Kier alpha value is -2.84. The molecule has 4 rings (SSSR count). The first-order valence-corrected chi connectivity index (χ1v) is 10.4. The number of benzene rings is 2. The fourth-order valence-corrected chi connectivity index (χ4v) is 4.86. The summed E-state index contributed by atoms with van der Waals surface area (Å²) in [5, 5.41) is 0. The van der Waals surface area contributed by atoms with Gasteiger partial charge in [-0.2, -0.15) is 0 Å². The van der Waals surface area contributed by atoms with Crippen molar-refractivity contribution in [2.24, 2.45) is 0 Å². The Morgan fingerprint density at radius 2 is 1.82 bits per heavy atom. The zero-order valence-electron chi connectivity index (χ0n) is 15.4. The maximum absolute atomic E-state index is 13.2. The Labute approximate surface area is 163 Å². The summed E-state index contributed by atoms with van der Waals surface area (Å²) in [6.45, 7) is 1.53. The van der Waals surface area contributed by atoms with Crippen molar-refractivity contribution in [2.45, 2.75) is 4.90 Å². The van der Waals surface area contributed by atoms with Gasteiger partial charge in [-0.15, -0.1) is 0 Å². The number of carbonyl (C=O) groups excluding carboxylic acids is 1. The minimum atomic E-state index is -3.93. The number of methoxy groups -OCH3 is 1. The summed E-state index contributed by atoms with van der Waals surface area (Å²) in [7, 11) is -2.37. The van der Waals surface area contributed by atoms with Crippen molar-refractivity contribution in [3.05, 3.63) is 59.6 Å². The number of morpholine rings is 1. The van der Waals surface area contributed by atoms with Crippen LogP contribution in [0.3, 0.4) is 0 Å². The molecule has 0 unspecified atom stereocenters. The van der Waals surface area contributed by atoms with E-state index in [0.717, 1.165) is 0 Å². The third kappa shape index (κ3) is 3.14. The van der Waals surface area contributed by atoms with Gasteiger partial charge < -0.3 is 19.3 Å². The van der Waals surface area contributed by atoms with Gasteiger partial charge in [0.05, 0.1) is 30.9 Å². The predicted molar refractivity (Wildman–Crippen MR) is 104 cm³/mol. The van der Waals surface area contributed by atoms with E-state index in [4.69, 9.17) is 9.47 Å². The summed E-state index contributed by atoms with van der Waals surface area (Å²) in [4.78, 5) is 16.2.